The highest BCUT2D eigenvalue weighted by Gasteiger charge is 2.19. The SMILES string of the molecule is Clc1ccc(Sc2ncc(CNC3CC3)cn2)cc1Cl. The summed E-state index contributed by atoms with van der Waals surface area (Å²) in [4.78, 5) is 9.70. The zero-order chi connectivity index (χ0) is 13.9. The van der Waals surface area contributed by atoms with E-state index in [9.17, 15) is 0 Å². The van der Waals surface area contributed by atoms with Crippen molar-refractivity contribution in [2.24, 2.45) is 0 Å². The fourth-order valence-corrected chi connectivity index (χ4v) is 2.78. The van der Waals surface area contributed by atoms with Crippen LogP contribution < -0.4 is 5.32 Å². The van der Waals surface area contributed by atoms with Crippen LogP contribution in [0.4, 0.5) is 0 Å². The average Bonchev–Trinajstić information content (AvgIpc) is 3.26. The molecule has 0 saturated heterocycles. The van der Waals surface area contributed by atoms with Crippen molar-refractivity contribution in [3.63, 3.8) is 0 Å². The highest BCUT2D eigenvalue weighted by molar-refractivity contribution is 7.99. The van der Waals surface area contributed by atoms with E-state index in [-0.39, 0.29) is 0 Å². The van der Waals surface area contributed by atoms with Crippen LogP contribution in [-0.2, 0) is 6.54 Å². The van der Waals surface area contributed by atoms with E-state index in [1.807, 2.05) is 24.5 Å². The fourth-order valence-electron chi connectivity index (χ4n) is 1.68. The van der Waals surface area contributed by atoms with Gasteiger partial charge in [0, 0.05) is 35.4 Å². The Morgan fingerprint density at radius 1 is 1.15 bits per heavy atom. The standard InChI is InChI=1S/C14H13Cl2N3S/c15-12-4-3-11(5-13(12)16)20-14-18-7-9(8-19-14)6-17-10-1-2-10/h3-5,7-8,10,17H,1-2,6H2. The van der Waals surface area contributed by atoms with E-state index in [0.717, 1.165) is 17.0 Å². The Labute approximate surface area is 132 Å². The van der Waals surface area contributed by atoms with Gasteiger partial charge in [0.05, 0.1) is 10.0 Å². The van der Waals surface area contributed by atoms with Crippen LogP contribution in [0.5, 0.6) is 0 Å². The number of hydrogen-bond donors (Lipinski definition) is 1. The second-order valence-electron chi connectivity index (χ2n) is 4.71. The number of hydrogen-bond acceptors (Lipinski definition) is 4. The molecule has 1 aliphatic rings. The Morgan fingerprint density at radius 2 is 1.90 bits per heavy atom. The molecule has 0 spiro atoms. The lowest BCUT2D eigenvalue weighted by Crippen LogP contribution is -2.15. The molecular weight excluding hydrogens is 313 g/mol. The minimum absolute atomic E-state index is 0.543. The van der Waals surface area contributed by atoms with Crippen molar-refractivity contribution in [3.8, 4) is 0 Å². The Balaban J connectivity index is 1.62. The molecule has 104 valence electrons. The first-order chi connectivity index (χ1) is 9.70. The molecule has 3 rings (SSSR count). The van der Waals surface area contributed by atoms with E-state index in [1.165, 1.54) is 24.6 Å². The number of halogens is 2. The minimum Gasteiger partial charge on any atom is -0.310 e. The molecule has 0 bridgehead atoms. The molecule has 1 fully saturated rings. The first-order valence-corrected chi connectivity index (χ1v) is 7.95. The number of aromatic nitrogens is 2. The maximum Gasteiger partial charge on any atom is 0.192 e. The lowest BCUT2D eigenvalue weighted by molar-refractivity contribution is 0.680. The average molecular weight is 326 g/mol. The molecule has 6 heteroatoms. The third kappa shape index (κ3) is 3.85. The van der Waals surface area contributed by atoms with Crippen LogP contribution in [0.3, 0.4) is 0 Å². The van der Waals surface area contributed by atoms with Gasteiger partial charge in [-0.05, 0) is 42.8 Å². The summed E-state index contributed by atoms with van der Waals surface area (Å²) < 4.78 is 0. The summed E-state index contributed by atoms with van der Waals surface area (Å²) in [6.07, 6.45) is 6.29. The van der Waals surface area contributed by atoms with Gasteiger partial charge in [-0.2, -0.15) is 0 Å². The van der Waals surface area contributed by atoms with Gasteiger partial charge >= 0.3 is 0 Å². The third-order valence-corrected chi connectivity index (χ3v) is 4.58. The van der Waals surface area contributed by atoms with Gasteiger partial charge in [-0.25, -0.2) is 9.97 Å². The van der Waals surface area contributed by atoms with E-state index in [4.69, 9.17) is 23.2 Å². The Morgan fingerprint density at radius 3 is 2.55 bits per heavy atom. The fraction of sp³-hybridized carbons (Fsp3) is 0.286. The Kier molecular flexibility index (Phi) is 4.46. The van der Waals surface area contributed by atoms with Crippen molar-refractivity contribution in [1.82, 2.24) is 15.3 Å². The summed E-state index contributed by atoms with van der Waals surface area (Å²) in [5.41, 5.74) is 1.11. The van der Waals surface area contributed by atoms with Crippen LogP contribution in [-0.4, -0.2) is 16.0 Å². The molecule has 0 amide bonds. The summed E-state index contributed by atoms with van der Waals surface area (Å²) in [6.45, 7) is 0.836. The smallest absolute Gasteiger partial charge is 0.192 e. The molecule has 0 atom stereocenters. The monoisotopic (exact) mass is 325 g/mol. The molecule has 1 N–H and O–H groups in total. The quantitative estimate of drug-likeness (QED) is 0.836. The molecule has 0 aliphatic heterocycles. The van der Waals surface area contributed by atoms with E-state index >= 15 is 0 Å². The van der Waals surface area contributed by atoms with Gasteiger partial charge in [0.2, 0.25) is 0 Å². The minimum atomic E-state index is 0.543. The highest BCUT2D eigenvalue weighted by atomic mass is 35.5. The summed E-state index contributed by atoms with van der Waals surface area (Å²) in [6, 6.07) is 6.20. The van der Waals surface area contributed by atoms with Crippen LogP contribution in [0, 0.1) is 0 Å². The molecule has 20 heavy (non-hydrogen) atoms. The summed E-state index contributed by atoms with van der Waals surface area (Å²) in [5.74, 6) is 0. The van der Waals surface area contributed by atoms with Gasteiger partial charge < -0.3 is 5.32 Å². The van der Waals surface area contributed by atoms with Gasteiger partial charge in [-0.3, -0.25) is 0 Å². The molecular formula is C14H13Cl2N3S. The normalized spacial score (nSPS) is 14.5. The first-order valence-electron chi connectivity index (χ1n) is 6.38. The molecule has 0 unspecified atom stereocenters. The van der Waals surface area contributed by atoms with Gasteiger partial charge in [0.1, 0.15) is 0 Å². The maximum atomic E-state index is 5.99. The van der Waals surface area contributed by atoms with Crippen LogP contribution in [0.25, 0.3) is 0 Å². The molecule has 1 aliphatic carbocycles. The number of benzene rings is 1. The summed E-state index contributed by atoms with van der Waals surface area (Å²) in [7, 11) is 0. The van der Waals surface area contributed by atoms with Crippen LogP contribution in [0.15, 0.2) is 40.6 Å². The Bertz CT molecular complexity index is 600. The molecule has 1 saturated carbocycles. The second kappa shape index (κ2) is 6.31. The summed E-state index contributed by atoms with van der Waals surface area (Å²) >= 11 is 13.3. The van der Waals surface area contributed by atoms with E-state index in [1.54, 1.807) is 6.07 Å². The molecule has 0 radical (unpaired) electrons. The van der Waals surface area contributed by atoms with Crippen molar-refractivity contribution >= 4 is 35.0 Å². The predicted octanol–water partition coefficient (Wildman–Crippen LogP) is 4.19. The predicted molar refractivity (Wildman–Crippen MR) is 82.5 cm³/mol. The zero-order valence-corrected chi connectivity index (χ0v) is 13.0. The van der Waals surface area contributed by atoms with Gasteiger partial charge in [0.15, 0.2) is 5.16 Å². The largest absolute Gasteiger partial charge is 0.310 e. The van der Waals surface area contributed by atoms with Gasteiger partial charge in [0.25, 0.3) is 0 Å². The maximum absolute atomic E-state index is 5.99. The van der Waals surface area contributed by atoms with Crippen LogP contribution >= 0.6 is 35.0 Å². The van der Waals surface area contributed by atoms with Gasteiger partial charge in [-0.15, -0.1) is 0 Å². The van der Waals surface area contributed by atoms with Crippen molar-refractivity contribution in [1.29, 1.82) is 0 Å². The third-order valence-electron chi connectivity index (χ3n) is 2.95. The van der Waals surface area contributed by atoms with E-state index in [0.29, 0.717) is 21.2 Å². The van der Waals surface area contributed by atoms with Crippen LogP contribution in [0.1, 0.15) is 18.4 Å². The van der Waals surface area contributed by atoms with Gasteiger partial charge in [-0.1, -0.05) is 23.2 Å². The summed E-state index contributed by atoms with van der Waals surface area (Å²) in [5, 5.41) is 5.24. The number of nitrogens with zero attached hydrogens (tertiary/aromatic N) is 2. The topological polar surface area (TPSA) is 37.8 Å². The molecule has 1 aromatic carbocycles. The van der Waals surface area contributed by atoms with Crippen molar-refractivity contribution in [2.45, 2.75) is 35.5 Å². The molecule has 1 aromatic heterocycles. The molecule has 2 aromatic rings. The van der Waals surface area contributed by atoms with Crippen LogP contribution in [0.2, 0.25) is 10.0 Å². The molecule has 3 nitrogen and oxygen atoms in total. The van der Waals surface area contributed by atoms with Crippen molar-refractivity contribution in [3.05, 3.63) is 46.2 Å². The lowest BCUT2D eigenvalue weighted by Gasteiger charge is -2.04. The second-order valence-corrected chi connectivity index (χ2v) is 6.56. The van der Waals surface area contributed by atoms with Crippen molar-refractivity contribution in [2.75, 3.05) is 0 Å². The zero-order valence-electron chi connectivity index (χ0n) is 10.6. The van der Waals surface area contributed by atoms with Crippen molar-refractivity contribution < 1.29 is 0 Å². The highest BCUT2D eigenvalue weighted by Crippen LogP contribution is 2.30. The van der Waals surface area contributed by atoms with E-state index < -0.39 is 0 Å². The molecule has 1 heterocycles. The number of nitrogens with one attached hydrogen (secondary N) is 1. The number of rotatable bonds is 5. The first kappa shape index (κ1) is 14.1. The lowest BCUT2D eigenvalue weighted by atomic mass is 10.3. The Hall–Kier alpha value is -0.810. The van der Waals surface area contributed by atoms with E-state index in [2.05, 4.69) is 15.3 Å².